The zero-order valence-corrected chi connectivity index (χ0v) is 17.6. The first kappa shape index (κ1) is 20.6. The summed E-state index contributed by atoms with van der Waals surface area (Å²) in [5.41, 5.74) is 2.11. The third-order valence-electron chi connectivity index (χ3n) is 4.40. The number of benzene rings is 2. The van der Waals surface area contributed by atoms with Crippen molar-refractivity contribution in [2.24, 2.45) is 0 Å². The summed E-state index contributed by atoms with van der Waals surface area (Å²) in [4.78, 5) is 33.9. The number of non-ortho nitro benzene ring substituents is 1. The van der Waals surface area contributed by atoms with Gasteiger partial charge in [-0.05, 0) is 41.5 Å². The Balaban J connectivity index is 1.66. The zero-order chi connectivity index (χ0) is 21.8. The highest BCUT2D eigenvalue weighted by atomic mass is 35.5. The van der Waals surface area contributed by atoms with Crippen molar-refractivity contribution in [1.82, 2.24) is 9.97 Å². The number of anilines is 1. The average Bonchev–Trinajstić information content (AvgIpc) is 3.19. The summed E-state index contributed by atoms with van der Waals surface area (Å²) in [7, 11) is 0. The molecule has 0 aliphatic rings. The van der Waals surface area contributed by atoms with Crippen LogP contribution in [0.4, 0.5) is 10.8 Å². The molecule has 0 aliphatic carbocycles. The van der Waals surface area contributed by atoms with Crippen LogP contribution >= 0.6 is 22.9 Å². The maximum absolute atomic E-state index is 13.1. The molecule has 0 radical (unpaired) electrons. The Morgan fingerprint density at radius 3 is 2.84 bits per heavy atom. The van der Waals surface area contributed by atoms with Crippen LogP contribution in [0.3, 0.4) is 0 Å². The molecule has 0 fully saturated rings. The van der Waals surface area contributed by atoms with Crippen LogP contribution in [0.15, 0.2) is 73.1 Å². The molecule has 0 atom stereocenters. The number of hydrogen-bond acceptors (Lipinski definition) is 6. The molecule has 1 amide bonds. The quantitative estimate of drug-likeness (QED) is 0.220. The molecule has 0 spiro atoms. The highest BCUT2D eigenvalue weighted by molar-refractivity contribution is 7.22. The van der Waals surface area contributed by atoms with Crippen LogP contribution in [0.1, 0.15) is 11.1 Å². The zero-order valence-electron chi connectivity index (χ0n) is 16.0. The molecule has 4 aromatic rings. The van der Waals surface area contributed by atoms with Crippen LogP contribution < -0.4 is 4.90 Å². The van der Waals surface area contributed by atoms with Gasteiger partial charge in [0.1, 0.15) is 0 Å². The van der Waals surface area contributed by atoms with Crippen molar-refractivity contribution >= 4 is 56.0 Å². The van der Waals surface area contributed by atoms with Crippen molar-refractivity contribution < 1.29 is 9.72 Å². The van der Waals surface area contributed by atoms with E-state index in [0.29, 0.717) is 15.7 Å². The van der Waals surface area contributed by atoms with Crippen molar-refractivity contribution in [3.63, 3.8) is 0 Å². The minimum absolute atomic E-state index is 0.0372. The van der Waals surface area contributed by atoms with E-state index in [0.717, 1.165) is 15.8 Å². The van der Waals surface area contributed by atoms with E-state index >= 15 is 0 Å². The molecule has 2 aromatic carbocycles. The standard InChI is InChI=1S/C22H15ClN4O3S/c23-17-7-8-19-20(12-17)31-22(25-19)26(14-16-4-2-10-24-13-16)21(28)9-6-15-3-1-5-18(11-15)27(29)30/h1-13H,14H2/b9-6+. The van der Waals surface area contributed by atoms with E-state index in [1.165, 1.54) is 29.5 Å². The summed E-state index contributed by atoms with van der Waals surface area (Å²) in [6, 6.07) is 15.1. The predicted molar refractivity (Wildman–Crippen MR) is 122 cm³/mol. The topological polar surface area (TPSA) is 89.2 Å². The largest absolute Gasteiger partial charge is 0.280 e. The molecule has 31 heavy (non-hydrogen) atoms. The lowest BCUT2D eigenvalue weighted by Crippen LogP contribution is -2.28. The summed E-state index contributed by atoms with van der Waals surface area (Å²) in [5, 5.41) is 12.1. The molecule has 7 nitrogen and oxygen atoms in total. The maximum Gasteiger partial charge on any atom is 0.270 e. The molecule has 0 aliphatic heterocycles. The van der Waals surface area contributed by atoms with Crippen LogP contribution in [0.5, 0.6) is 0 Å². The van der Waals surface area contributed by atoms with E-state index in [9.17, 15) is 14.9 Å². The Labute approximate surface area is 186 Å². The summed E-state index contributed by atoms with van der Waals surface area (Å²) in [5.74, 6) is -0.305. The van der Waals surface area contributed by atoms with E-state index in [1.807, 2.05) is 18.2 Å². The number of pyridine rings is 1. The van der Waals surface area contributed by atoms with E-state index in [-0.39, 0.29) is 18.1 Å². The summed E-state index contributed by atoms with van der Waals surface area (Å²) in [6.45, 7) is 0.277. The number of hydrogen-bond donors (Lipinski definition) is 0. The van der Waals surface area contributed by atoms with Gasteiger partial charge >= 0.3 is 0 Å². The minimum atomic E-state index is -0.472. The van der Waals surface area contributed by atoms with E-state index in [4.69, 9.17) is 11.6 Å². The molecule has 154 valence electrons. The average molecular weight is 451 g/mol. The number of aromatic nitrogens is 2. The Bertz CT molecular complexity index is 1290. The van der Waals surface area contributed by atoms with Crippen molar-refractivity contribution in [3.05, 3.63) is 99.3 Å². The van der Waals surface area contributed by atoms with Crippen molar-refractivity contribution in [3.8, 4) is 0 Å². The number of thiazole rings is 1. The Morgan fingerprint density at radius 1 is 1.19 bits per heavy atom. The van der Waals surface area contributed by atoms with Gasteiger partial charge in [0.05, 0.1) is 21.7 Å². The summed E-state index contributed by atoms with van der Waals surface area (Å²) in [6.07, 6.45) is 6.29. The molecule has 4 rings (SSSR count). The van der Waals surface area contributed by atoms with Crippen LogP contribution in [-0.2, 0) is 11.3 Å². The third kappa shape index (κ3) is 4.93. The van der Waals surface area contributed by atoms with Gasteiger partial charge in [-0.2, -0.15) is 0 Å². The lowest BCUT2D eigenvalue weighted by molar-refractivity contribution is -0.384. The molecule has 9 heteroatoms. The van der Waals surface area contributed by atoms with Crippen LogP contribution in [0, 0.1) is 10.1 Å². The molecule has 0 saturated heterocycles. The lowest BCUT2D eigenvalue weighted by atomic mass is 10.2. The Hall–Kier alpha value is -3.62. The molecule has 0 bridgehead atoms. The number of fused-ring (bicyclic) bond motifs is 1. The number of carbonyl (C=O) groups excluding carboxylic acids is 1. The molecular weight excluding hydrogens is 436 g/mol. The monoisotopic (exact) mass is 450 g/mol. The highest BCUT2D eigenvalue weighted by Crippen LogP contribution is 2.31. The first-order valence-electron chi connectivity index (χ1n) is 9.18. The number of nitro groups is 1. The lowest BCUT2D eigenvalue weighted by Gasteiger charge is -2.18. The van der Waals surface area contributed by atoms with Crippen LogP contribution in [-0.4, -0.2) is 20.8 Å². The Morgan fingerprint density at radius 2 is 2.06 bits per heavy atom. The minimum Gasteiger partial charge on any atom is -0.280 e. The molecule has 2 aromatic heterocycles. The smallest absolute Gasteiger partial charge is 0.270 e. The number of rotatable bonds is 6. The second-order valence-corrected chi connectivity index (χ2v) is 8.03. The van der Waals surface area contributed by atoms with Crippen LogP contribution in [0.25, 0.3) is 16.3 Å². The number of halogens is 1. The molecule has 0 N–H and O–H groups in total. The van der Waals surface area contributed by atoms with Crippen molar-refractivity contribution in [2.75, 3.05) is 4.90 Å². The van der Waals surface area contributed by atoms with E-state index in [2.05, 4.69) is 9.97 Å². The Kier molecular flexibility index (Phi) is 6.01. The first-order valence-corrected chi connectivity index (χ1v) is 10.4. The number of amides is 1. The van der Waals surface area contributed by atoms with Gasteiger partial charge in [0.25, 0.3) is 11.6 Å². The normalized spacial score (nSPS) is 11.1. The summed E-state index contributed by atoms with van der Waals surface area (Å²) >= 11 is 7.44. The van der Waals surface area contributed by atoms with Crippen molar-refractivity contribution in [2.45, 2.75) is 6.54 Å². The van der Waals surface area contributed by atoms with E-state index < -0.39 is 4.92 Å². The van der Waals surface area contributed by atoms with Gasteiger partial charge in [0, 0.05) is 35.6 Å². The van der Waals surface area contributed by atoms with Crippen LogP contribution in [0.2, 0.25) is 5.02 Å². The fraction of sp³-hybridized carbons (Fsp3) is 0.0455. The van der Waals surface area contributed by atoms with Gasteiger partial charge < -0.3 is 0 Å². The number of nitrogens with zero attached hydrogens (tertiary/aromatic N) is 4. The van der Waals surface area contributed by atoms with Crippen molar-refractivity contribution in [1.29, 1.82) is 0 Å². The predicted octanol–water partition coefficient (Wildman–Crippen LogP) is 5.50. The fourth-order valence-corrected chi connectivity index (χ4v) is 4.16. The second kappa shape index (κ2) is 9.03. The van der Waals surface area contributed by atoms with Gasteiger partial charge in [-0.25, -0.2) is 4.98 Å². The summed E-state index contributed by atoms with van der Waals surface area (Å²) < 4.78 is 0.870. The van der Waals surface area contributed by atoms with Gasteiger partial charge in [0.15, 0.2) is 5.13 Å². The molecule has 2 heterocycles. The second-order valence-electron chi connectivity index (χ2n) is 6.58. The maximum atomic E-state index is 13.1. The van der Waals surface area contributed by atoms with Gasteiger partial charge in [-0.1, -0.05) is 41.1 Å². The fourth-order valence-electron chi connectivity index (χ4n) is 2.92. The molecule has 0 saturated carbocycles. The first-order chi connectivity index (χ1) is 15.0. The molecular formula is C22H15ClN4O3S. The van der Waals surface area contributed by atoms with Gasteiger partial charge in [0.2, 0.25) is 0 Å². The third-order valence-corrected chi connectivity index (χ3v) is 5.68. The highest BCUT2D eigenvalue weighted by Gasteiger charge is 2.19. The SMILES string of the molecule is O=C(/C=C/c1cccc([N+](=O)[O-])c1)N(Cc1cccnc1)c1nc2ccc(Cl)cc2s1. The number of nitro benzene ring substituents is 1. The molecule has 0 unspecified atom stereocenters. The van der Waals surface area contributed by atoms with Gasteiger partial charge in [-0.3, -0.25) is 24.8 Å². The van der Waals surface area contributed by atoms with Gasteiger partial charge in [-0.15, -0.1) is 0 Å². The number of carbonyl (C=O) groups is 1. The van der Waals surface area contributed by atoms with E-state index in [1.54, 1.807) is 47.6 Å².